The lowest BCUT2D eigenvalue weighted by Gasteiger charge is -2.08. The van der Waals surface area contributed by atoms with Gasteiger partial charge in [-0.25, -0.2) is 0 Å². The molecule has 0 aliphatic heterocycles. The first-order chi connectivity index (χ1) is 13.3. The fraction of sp³-hybridized carbons (Fsp3) is 0.350. The topological polar surface area (TPSA) is 59.8 Å². The van der Waals surface area contributed by atoms with Gasteiger partial charge in [-0.05, 0) is 36.3 Å². The van der Waals surface area contributed by atoms with E-state index in [1.807, 2.05) is 18.2 Å². The standard InChI is InChI=1S/C20H22N4OS2/c25-19(21-11-10-15-5-2-1-3-6-15)14-27-20-23-22-18(24(20)16-8-9-16)13-17-7-4-12-26-17/h1-7,12,16H,8-11,13-14H2,(H,21,25). The quantitative estimate of drug-likeness (QED) is 0.558. The van der Waals surface area contributed by atoms with Gasteiger partial charge in [-0.15, -0.1) is 21.5 Å². The molecule has 1 N–H and O–H groups in total. The number of thioether (sulfide) groups is 1. The first-order valence-electron chi connectivity index (χ1n) is 9.19. The SMILES string of the molecule is O=C(CSc1nnc(Cc2cccs2)n1C1CC1)NCCc1ccccc1. The summed E-state index contributed by atoms with van der Waals surface area (Å²) >= 11 is 3.23. The van der Waals surface area contributed by atoms with Crippen molar-refractivity contribution >= 4 is 29.0 Å². The number of aromatic nitrogens is 3. The largest absolute Gasteiger partial charge is 0.355 e. The van der Waals surface area contributed by atoms with Crippen molar-refractivity contribution in [2.24, 2.45) is 0 Å². The Morgan fingerprint density at radius 1 is 1.19 bits per heavy atom. The van der Waals surface area contributed by atoms with Crippen LogP contribution < -0.4 is 5.32 Å². The molecule has 27 heavy (non-hydrogen) atoms. The van der Waals surface area contributed by atoms with Gasteiger partial charge in [0.15, 0.2) is 5.16 Å². The van der Waals surface area contributed by atoms with Crippen molar-refractivity contribution in [3.8, 4) is 0 Å². The molecule has 2 aromatic heterocycles. The summed E-state index contributed by atoms with van der Waals surface area (Å²) in [6.45, 7) is 0.655. The molecule has 1 fully saturated rings. The summed E-state index contributed by atoms with van der Waals surface area (Å²) in [4.78, 5) is 13.5. The molecule has 0 atom stereocenters. The van der Waals surface area contributed by atoms with E-state index < -0.39 is 0 Å². The number of hydrogen-bond donors (Lipinski definition) is 1. The monoisotopic (exact) mass is 398 g/mol. The maximum atomic E-state index is 12.2. The van der Waals surface area contributed by atoms with Gasteiger partial charge in [0.25, 0.3) is 0 Å². The predicted molar refractivity (Wildman–Crippen MR) is 109 cm³/mol. The molecule has 0 spiro atoms. The van der Waals surface area contributed by atoms with Crippen LogP contribution in [0.4, 0.5) is 0 Å². The Kier molecular flexibility index (Phi) is 5.89. The molecule has 1 amide bonds. The summed E-state index contributed by atoms with van der Waals surface area (Å²) < 4.78 is 2.24. The summed E-state index contributed by atoms with van der Waals surface area (Å²) in [5.41, 5.74) is 1.23. The zero-order valence-corrected chi connectivity index (χ0v) is 16.6. The third-order valence-electron chi connectivity index (χ3n) is 4.47. The molecule has 2 heterocycles. The normalized spacial score (nSPS) is 13.6. The van der Waals surface area contributed by atoms with E-state index in [0.29, 0.717) is 18.3 Å². The highest BCUT2D eigenvalue weighted by atomic mass is 32.2. The number of carbonyl (C=O) groups is 1. The van der Waals surface area contributed by atoms with Gasteiger partial charge in [0, 0.05) is 23.9 Å². The van der Waals surface area contributed by atoms with Crippen molar-refractivity contribution in [3.63, 3.8) is 0 Å². The fourth-order valence-electron chi connectivity index (χ4n) is 2.97. The molecule has 5 nitrogen and oxygen atoms in total. The number of thiophene rings is 1. The van der Waals surface area contributed by atoms with Gasteiger partial charge >= 0.3 is 0 Å². The smallest absolute Gasteiger partial charge is 0.230 e. The molecular weight excluding hydrogens is 376 g/mol. The van der Waals surface area contributed by atoms with Crippen molar-refractivity contribution < 1.29 is 4.79 Å². The maximum absolute atomic E-state index is 12.2. The highest BCUT2D eigenvalue weighted by Crippen LogP contribution is 2.39. The van der Waals surface area contributed by atoms with Crippen LogP contribution in [0.3, 0.4) is 0 Å². The molecule has 0 radical (unpaired) electrons. The van der Waals surface area contributed by atoms with E-state index in [-0.39, 0.29) is 5.91 Å². The summed E-state index contributed by atoms with van der Waals surface area (Å²) in [5.74, 6) is 1.42. The second-order valence-corrected chi connectivity index (χ2v) is 8.61. The van der Waals surface area contributed by atoms with E-state index in [0.717, 1.165) is 23.8 Å². The number of rotatable bonds is 9. The van der Waals surface area contributed by atoms with E-state index >= 15 is 0 Å². The Hall–Kier alpha value is -2.12. The maximum Gasteiger partial charge on any atom is 0.230 e. The Bertz CT molecular complexity index is 873. The number of carbonyl (C=O) groups excluding carboxylic acids is 1. The van der Waals surface area contributed by atoms with Crippen LogP contribution >= 0.6 is 23.1 Å². The van der Waals surface area contributed by atoms with Gasteiger partial charge in [0.05, 0.1) is 5.75 Å². The second-order valence-electron chi connectivity index (χ2n) is 6.63. The number of benzene rings is 1. The van der Waals surface area contributed by atoms with E-state index in [2.05, 4.69) is 49.7 Å². The molecule has 7 heteroatoms. The van der Waals surface area contributed by atoms with Gasteiger partial charge in [-0.1, -0.05) is 48.2 Å². The summed E-state index contributed by atoms with van der Waals surface area (Å²) in [5, 5.41) is 14.7. The van der Waals surface area contributed by atoms with Crippen molar-refractivity contribution in [1.29, 1.82) is 0 Å². The Labute approximate surface area is 167 Å². The Morgan fingerprint density at radius 2 is 2.04 bits per heavy atom. The van der Waals surface area contributed by atoms with Crippen LogP contribution in [0.1, 0.15) is 35.1 Å². The van der Waals surface area contributed by atoms with Crippen LogP contribution in [-0.2, 0) is 17.6 Å². The summed E-state index contributed by atoms with van der Waals surface area (Å²) in [6.07, 6.45) is 4.00. The first kappa shape index (κ1) is 18.3. The van der Waals surface area contributed by atoms with Crippen LogP contribution in [0.15, 0.2) is 53.0 Å². The van der Waals surface area contributed by atoms with Crippen LogP contribution in [0.25, 0.3) is 0 Å². The lowest BCUT2D eigenvalue weighted by Crippen LogP contribution is -2.27. The third-order valence-corrected chi connectivity index (χ3v) is 6.29. The summed E-state index contributed by atoms with van der Waals surface area (Å²) in [6, 6.07) is 14.9. The lowest BCUT2D eigenvalue weighted by atomic mass is 10.1. The molecule has 3 aromatic rings. The highest BCUT2D eigenvalue weighted by molar-refractivity contribution is 7.99. The molecule has 1 saturated carbocycles. The van der Waals surface area contributed by atoms with Gasteiger partial charge in [-0.2, -0.15) is 0 Å². The second kappa shape index (κ2) is 8.71. The van der Waals surface area contributed by atoms with Gasteiger partial charge in [-0.3, -0.25) is 4.79 Å². The van der Waals surface area contributed by atoms with Crippen molar-refractivity contribution in [2.75, 3.05) is 12.3 Å². The van der Waals surface area contributed by atoms with Gasteiger partial charge in [0.1, 0.15) is 5.82 Å². The predicted octanol–water partition coefficient (Wildman–Crippen LogP) is 3.72. The molecular formula is C20H22N4OS2. The number of nitrogens with one attached hydrogen (secondary N) is 1. The van der Waals surface area contributed by atoms with E-state index in [9.17, 15) is 4.79 Å². The van der Waals surface area contributed by atoms with Crippen LogP contribution in [0.5, 0.6) is 0 Å². The van der Waals surface area contributed by atoms with Crippen LogP contribution in [-0.4, -0.2) is 33.0 Å². The Morgan fingerprint density at radius 3 is 2.78 bits per heavy atom. The molecule has 1 aliphatic rings. The zero-order chi connectivity index (χ0) is 18.5. The number of nitrogens with zero attached hydrogens (tertiary/aromatic N) is 3. The minimum Gasteiger partial charge on any atom is -0.355 e. The third kappa shape index (κ3) is 4.99. The highest BCUT2D eigenvalue weighted by Gasteiger charge is 2.29. The van der Waals surface area contributed by atoms with Crippen LogP contribution in [0, 0.1) is 0 Å². The molecule has 0 saturated heterocycles. The minimum absolute atomic E-state index is 0.0427. The average molecular weight is 399 g/mol. The Balaban J connectivity index is 1.30. The van der Waals surface area contributed by atoms with E-state index in [4.69, 9.17) is 0 Å². The molecule has 1 aromatic carbocycles. The molecule has 0 bridgehead atoms. The first-order valence-corrected chi connectivity index (χ1v) is 11.1. The van der Waals surface area contributed by atoms with E-state index in [1.165, 1.54) is 35.0 Å². The molecule has 0 unspecified atom stereocenters. The summed E-state index contributed by atoms with van der Waals surface area (Å²) in [7, 11) is 0. The van der Waals surface area contributed by atoms with E-state index in [1.54, 1.807) is 11.3 Å². The minimum atomic E-state index is 0.0427. The van der Waals surface area contributed by atoms with Crippen molar-refractivity contribution in [3.05, 3.63) is 64.1 Å². The molecule has 140 valence electrons. The fourth-order valence-corrected chi connectivity index (χ4v) is 4.52. The molecule has 1 aliphatic carbocycles. The van der Waals surface area contributed by atoms with Crippen molar-refractivity contribution in [1.82, 2.24) is 20.1 Å². The lowest BCUT2D eigenvalue weighted by molar-refractivity contribution is -0.118. The average Bonchev–Trinajstić information content (AvgIpc) is 3.24. The van der Waals surface area contributed by atoms with Gasteiger partial charge in [0.2, 0.25) is 5.91 Å². The number of hydrogen-bond acceptors (Lipinski definition) is 5. The van der Waals surface area contributed by atoms with Crippen molar-refractivity contribution in [2.45, 2.75) is 36.9 Å². The number of amides is 1. The van der Waals surface area contributed by atoms with Gasteiger partial charge < -0.3 is 9.88 Å². The zero-order valence-electron chi connectivity index (χ0n) is 15.0. The van der Waals surface area contributed by atoms with Crippen LogP contribution in [0.2, 0.25) is 0 Å². The molecule has 4 rings (SSSR count).